The van der Waals surface area contributed by atoms with Gasteiger partial charge in [0.05, 0.1) is 11.2 Å². The van der Waals surface area contributed by atoms with Crippen LogP contribution in [0.15, 0.2) is 147 Å². The fourth-order valence-corrected chi connectivity index (χ4v) is 10.9. The Hall–Kier alpha value is -3.83. The summed E-state index contributed by atoms with van der Waals surface area (Å²) in [5.41, 5.74) is 2.87. The van der Waals surface area contributed by atoms with Crippen molar-refractivity contribution in [2.45, 2.75) is 58.5 Å². The highest BCUT2D eigenvalue weighted by molar-refractivity contribution is 8.34. The number of hydrogen-bond acceptors (Lipinski definition) is 2. The van der Waals surface area contributed by atoms with E-state index in [4.69, 9.17) is 9.31 Å². The first kappa shape index (κ1) is 25.9. The molecule has 0 saturated carbocycles. The summed E-state index contributed by atoms with van der Waals surface area (Å²) in [7, 11) is -2.26. The minimum atomic E-state index is -1.84. The minimum absolute atomic E-state index is 0.402. The van der Waals surface area contributed by atoms with Crippen molar-refractivity contribution in [3.8, 4) is 11.1 Å². The summed E-state index contributed by atoms with van der Waals surface area (Å²) in [6, 6.07) is 47.4. The average molecular weight is 565 g/mol. The second kappa shape index (κ2) is 9.09. The van der Waals surface area contributed by atoms with Crippen molar-refractivity contribution in [3.63, 3.8) is 0 Å². The first-order chi connectivity index (χ1) is 20.3. The van der Waals surface area contributed by atoms with Gasteiger partial charge < -0.3 is 9.31 Å². The second-order valence-corrected chi connectivity index (χ2v) is 15.5. The van der Waals surface area contributed by atoms with Crippen molar-refractivity contribution in [2.75, 3.05) is 0 Å². The molecule has 0 atom stereocenters. The Morgan fingerprint density at radius 2 is 0.976 bits per heavy atom. The van der Waals surface area contributed by atoms with Crippen LogP contribution in [-0.2, 0) is 9.31 Å². The highest BCUT2D eigenvalue weighted by atomic mass is 32.3. The lowest BCUT2D eigenvalue weighted by Gasteiger charge is -2.40. The Morgan fingerprint density at radius 1 is 0.476 bits per heavy atom. The Kier molecular flexibility index (Phi) is 5.59. The topological polar surface area (TPSA) is 18.5 Å². The van der Waals surface area contributed by atoms with Crippen molar-refractivity contribution < 1.29 is 9.31 Å². The number of hydrogen-bond donors (Lipinski definition) is 0. The van der Waals surface area contributed by atoms with Gasteiger partial charge in [0, 0.05) is 19.6 Å². The molecular weight excluding hydrogens is 531 g/mol. The van der Waals surface area contributed by atoms with Crippen LogP contribution in [0, 0.1) is 0 Å². The molecule has 0 unspecified atom stereocenters. The summed E-state index contributed by atoms with van der Waals surface area (Å²) in [5, 5.41) is 5.03. The minimum Gasteiger partial charge on any atom is -0.399 e. The number of fused-ring (bicyclic) bond motifs is 5. The van der Waals surface area contributed by atoms with Crippen LogP contribution in [0.3, 0.4) is 0 Å². The second-order valence-electron chi connectivity index (χ2n) is 12.5. The fraction of sp³-hybridized carbons (Fsp3) is 0.158. The Bertz CT molecular complexity index is 1930. The molecule has 0 aromatic heterocycles. The predicted octanol–water partition coefficient (Wildman–Crippen LogP) is 9.61. The molecule has 2 nitrogen and oxygen atoms in total. The van der Waals surface area contributed by atoms with E-state index in [0.29, 0.717) is 0 Å². The van der Waals surface area contributed by atoms with E-state index in [1.54, 1.807) is 0 Å². The van der Waals surface area contributed by atoms with Crippen LogP contribution in [0.5, 0.6) is 0 Å². The maximum atomic E-state index is 6.57. The van der Waals surface area contributed by atoms with Crippen molar-refractivity contribution in [1.29, 1.82) is 0 Å². The molecule has 0 N–H and O–H groups in total. The van der Waals surface area contributed by atoms with Gasteiger partial charge in [0.1, 0.15) is 0 Å². The van der Waals surface area contributed by atoms with Gasteiger partial charge in [-0.05, 0) is 102 Å². The van der Waals surface area contributed by atoms with Crippen molar-refractivity contribution in [2.24, 2.45) is 0 Å². The molecule has 206 valence electrons. The molecular formula is C38H33BO2S. The first-order valence-corrected chi connectivity index (χ1v) is 16.3. The molecule has 8 rings (SSSR count). The SMILES string of the molecule is CC1(C)OB(c2ccc3c(c2)S(c2ccc4ccccc4c2)(c2ccc4ccccc4c2)c2ccccc2-3)OC1(C)C. The number of rotatable bonds is 3. The van der Waals surface area contributed by atoms with E-state index in [1.807, 2.05) is 0 Å². The summed E-state index contributed by atoms with van der Waals surface area (Å²) < 4.78 is 13.1. The zero-order chi connectivity index (χ0) is 28.7. The summed E-state index contributed by atoms with van der Waals surface area (Å²) in [4.78, 5) is 5.42. The summed E-state index contributed by atoms with van der Waals surface area (Å²) >= 11 is 0. The Balaban J connectivity index is 1.45. The first-order valence-electron chi connectivity index (χ1n) is 14.7. The van der Waals surface area contributed by atoms with Gasteiger partial charge in [0.25, 0.3) is 0 Å². The maximum Gasteiger partial charge on any atom is 0.494 e. The summed E-state index contributed by atoms with van der Waals surface area (Å²) in [5.74, 6) is 0. The third kappa shape index (κ3) is 3.62. The van der Waals surface area contributed by atoms with Gasteiger partial charge in [-0.25, -0.2) is 0 Å². The maximum absolute atomic E-state index is 6.57. The van der Waals surface area contributed by atoms with E-state index < -0.39 is 28.3 Å². The predicted molar refractivity (Wildman–Crippen MR) is 176 cm³/mol. The van der Waals surface area contributed by atoms with E-state index in [2.05, 4.69) is 155 Å². The normalized spacial score (nSPS) is 18.6. The monoisotopic (exact) mass is 564 g/mol. The molecule has 0 aliphatic carbocycles. The van der Waals surface area contributed by atoms with Gasteiger partial charge >= 0.3 is 7.12 Å². The van der Waals surface area contributed by atoms with Gasteiger partial charge in [0.15, 0.2) is 0 Å². The average Bonchev–Trinajstić information content (AvgIpc) is 3.42. The largest absolute Gasteiger partial charge is 0.494 e. The van der Waals surface area contributed by atoms with Gasteiger partial charge in [-0.3, -0.25) is 0 Å². The molecule has 0 spiro atoms. The van der Waals surface area contributed by atoms with Crippen LogP contribution in [-0.4, -0.2) is 18.3 Å². The lowest BCUT2D eigenvalue weighted by Crippen LogP contribution is -2.41. The molecule has 2 aliphatic rings. The molecule has 0 bridgehead atoms. The molecule has 1 fully saturated rings. The lowest BCUT2D eigenvalue weighted by molar-refractivity contribution is 0.00578. The Labute approximate surface area is 249 Å². The quantitative estimate of drug-likeness (QED) is 0.199. The van der Waals surface area contributed by atoms with Gasteiger partial charge in [-0.2, -0.15) is 0 Å². The van der Waals surface area contributed by atoms with E-state index in [0.717, 1.165) is 5.46 Å². The van der Waals surface area contributed by atoms with Crippen molar-refractivity contribution in [3.05, 3.63) is 127 Å². The highest BCUT2D eigenvalue weighted by Crippen LogP contribution is 2.80. The molecule has 1 saturated heterocycles. The van der Waals surface area contributed by atoms with Crippen LogP contribution in [0.1, 0.15) is 27.7 Å². The van der Waals surface area contributed by atoms with Crippen LogP contribution in [0.2, 0.25) is 0 Å². The fourth-order valence-electron chi connectivity index (χ4n) is 6.57. The zero-order valence-corrected chi connectivity index (χ0v) is 25.2. The zero-order valence-electron chi connectivity index (χ0n) is 24.4. The van der Waals surface area contributed by atoms with Gasteiger partial charge in [-0.15, -0.1) is 10.0 Å². The lowest BCUT2D eigenvalue weighted by atomic mass is 9.78. The van der Waals surface area contributed by atoms with Crippen LogP contribution < -0.4 is 5.46 Å². The smallest absolute Gasteiger partial charge is 0.399 e. The van der Waals surface area contributed by atoms with Crippen LogP contribution >= 0.6 is 10.0 Å². The molecule has 6 aromatic carbocycles. The molecule has 2 aliphatic heterocycles. The molecule has 4 heteroatoms. The van der Waals surface area contributed by atoms with E-state index in [-0.39, 0.29) is 0 Å². The number of benzene rings is 6. The third-order valence-electron chi connectivity index (χ3n) is 9.52. The van der Waals surface area contributed by atoms with E-state index in [9.17, 15) is 0 Å². The molecule has 6 aromatic rings. The Morgan fingerprint density at radius 3 is 1.57 bits per heavy atom. The molecule has 0 amide bonds. The van der Waals surface area contributed by atoms with E-state index >= 15 is 0 Å². The van der Waals surface area contributed by atoms with Gasteiger partial charge in [-0.1, -0.05) is 91.0 Å². The van der Waals surface area contributed by atoms with Gasteiger partial charge in [0.2, 0.25) is 0 Å². The van der Waals surface area contributed by atoms with Crippen molar-refractivity contribution in [1.82, 2.24) is 0 Å². The van der Waals surface area contributed by atoms with Crippen LogP contribution in [0.25, 0.3) is 32.7 Å². The standard InChI is InChI=1S/C38H33BO2S/c1-37(2)38(3,4)41-39(40-37)30-19-22-34-33-15-9-10-16-35(33)42(36(34)25-30,31-20-17-26-11-5-7-13-28(26)23-31)32-21-18-27-12-6-8-14-29(27)24-32/h5-25H,1-4H3. The summed E-state index contributed by atoms with van der Waals surface area (Å²) in [6.45, 7) is 8.48. The van der Waals surface area contributed by atoms with E-state index in [1.165, 1.54) is 52.3 Å². The van der Waals surface area contributed by atoms with Crippen LogP contribution in [0.4, 0.5) is 0 Å². The van der Waals surface area contributed by atoms with Crippen molar-refractivity contribution >= 4 is 44.2 Å². The highest BCUT2D eigenvalue weighted by Gasteiger charge is 2.52. The molecule has 2 heterocycles. The third-order valence-corrected chi connectivity index (χ3v) is 13.5. The molecule has 42 heavy (non-hydrogen) atoms. The summed E-state index contributed by atoms with van der Waals surface area (Å²) in [6.07, 6.45) is 0. The molecule has 0 radical (unpaired) electrons.